The summed E-state index contributed by atoms with van der Waals surface area (Å²) in [6.45, 7) is 1.22. The number of rotatable bonds is 5. The Labute approximate surface area is 92.4 Å². The second kappa shape index (κ2) is 5.77. The van der Waals surface area contributed by atoms with Crippen LogP contribution in [-0.2, 0) is 14.4 Å². The summed E-state index contributed by atoms with van der Waals surface area (Å²) >= 11 is 0. The van der Waals surface area contributed by atoms with Gasteiger partial charge in [-0.25, -0.2) is 4.79 Å². The highest BCUT2D eigenvalue weighted by atomic mass is 16.7. The fourth-order valence-corrected chi connectivity index (χ4v) is 0.957. The zero-order valence-electron chi connectivity index (χ0n) is 8.67. The molecular weight excluding hydrogens is 210 g/mol. The molecule has 0 aromatic heterocycles. The first-order chi connectivity index (χ1) is 7.65. The number of Topliss-reactive ketones (excluding diaryl/α,β-unsaturated/α-hetero) is 1. The van der Waals surface area contributed by atoms with Crippen LogP contribution in [0, 0.1) is 0 Å². The Morgan fingerprint density at radius 3 is 2.44 bits per heavy atom. The number of benzene rings is 1. The molecule has 0 radical (unpaired) electrons. The number of hydrogen-bond acceptors (Lipinski definition) is 5. The first kappa shape index (κ1) is 12.1. The van der Waals surface area contributed by atoms with Crippen LogP contribution in [0.5, 0.6) is 0 Å². The molecule has 5 nitrogen and oxygen atoms in total. The van der Waals surface area contributed by atoms with Crippen LogP contribution in [0.2, 0.25) is 0 Å². The Kier molecular flexibility index (Phi) is 4.35. The summed E-state index contributed by atoms with van der Waals surface area (Å²) in [4.78, 5) is 37.2. The number of carbonyl (C=O) groups is 3. The summed E-state index contributed by atoms with van der Waals surface area (Å²) in [6, 6.07) is 7.13. The second-order valence-electron chi connectivity index (χ2n) is 3.10. The van der Waals surface area contributed by atoms with E-state index < -0.39 is 17.8 Å². The van der Waals surface area contributed by atoms with Crippen LogP contribution in [0.25, 0.3) is 0 Å². The Balaban J connectivity index is 2.53. The quantitative estimate of drug-likeness (QED) is 0.445. The fourth-order valence-electron chi connectivity index (χ4n) is 0.957. The van der Waals surface area contributed by atoms with Crippen LogP contribution in [0.1, 0.15) is 17.3 Å². The Bertz CT molecular complexity index is 388. The van der Waals surface area contributed by atoms with Crippen LogP contribution in [0.4, 0.5) is 0 Å². The Morgan fingerprint density at radius 1 is 1.31 bits per heavy atom. The van der Waals surface area contributed by atoms with Crippen LogP contribution in [0.15, 0.2) is 30.3 Å². The largest absolute Gasteiger partial charge is 0.366 e. The summed E-state index contributed by atoms with van der Waals surface area (Å²) in [7, 11) is 0. The molecule has 1 rings (SSSR count). The molecule has 0 saturated heterocycles. The topological polar surface area (TPSA) is 72.5 Å². The molecule has 0 aliphatic heterocycles. The molecule has 16 heavy (non-hydrogen) atoms. The van der Waals surface area contributed by atoms with Gasteiger partial charge < -0.3 is 9.63 Å². The van der Waals surface area contributed by atoms with Crippen LogP contribution in [0.3, 0.4) is 0 Å². The predicted octanol–water partition coefficient (Wildman–Crippen LogP) is 0.504. The summed E-state index contributed by atoms with van der Waals surface area (Å²) in [5, 5.41) is 0. The van der Waals surface area contributed by atoms with E-state index in [9.17, 15) is 14.4 Å². The smallest absolute Gasteiger partial charge is 0.356 e. The van der Waals surface area contributed by atoms with Crippen molar-refractivity contribution in [2.75, 3.05) is 0 Å². The number of hydroxylamine groups is 1. The SMILES string of the molecule is CC(=O)C(C=O)NOC(=O)c1ccccc1. The molecule has 1 aromatic rings. The van der Waals surface area contributed by atoms with Gasteiger partial charge in [-0.3, -0.25) is 4.79 Å². The number of ketones is 1. The van der Waals surface area contributed by atoms with E-state index in [0.717, 1.165) is 0 Å². The predicted molar refractivity (Wildman–Crippen MR) is 55.5 cm³/mol. The zero-order chi connectivity index (χ0) is 12.0. The van der Waals surface area contributed by atoms with Gasteiger partial charge in [0.2, 0.25) is 0 Å². The van der Waals surface area contributed by atoms with Gasteiger partial charge in [0, 0.05) is 0 Å². The highest BCUT2D eigenvalue weighted by molar-refractivity contribution is 5.96. The molecule has 0 heterocycles. The molecule has 0 fully saturated rings. The van der Waals surface area contributed by atoms with Gasteiger partial charge in [0.1, 0.15) is 6.29 Å². The highest BCUT2D eigenvalue weighted by Crippen LogP contribution is 1.99. The normalized spacial score (nSPS) is 11.6. The number of aldehydes is 1. The maximum Gasteiger partial charge on any atom is 0.356 e. The van der Waals surface area contributed by atoms with Gasteiger partial charge in [-0.15, -0.1) is 5.48 Å². The van der Waals surface area contributed by atoms with Crippen molar-refractivity contribution < 1.29 is 19.2 Å². The van der Waals surface area contributed by atoms with Gasteiger partial charge in [0.25, 0.3) is 0 Å². The third-order valence-electron chi connectivity index (χ3n) is 1.86. The van der Waals surface area contributed by atoms with E-state index in [1.165, 1.54) is 6.92 Å². The number of hydrogen-bond donors (Lipinski definition) is 1. The first-order valence-corrected chi connectivity index (χ1v) is 4.62. The molecule has 0 amide bonds. The molecule has 84 valence electrons. The molecule has 0 spiro atoms. The molecule has 0 bridgehead atoms. The fraction of sp³-hybridized carbons (Fsp3) is 0.182. The van der Waals surface area contributed by atoms with E-state index in [0.29, 0.717) is 11.8 Å². The van der Waals surface area contributed by atoms with E-state index in [4.69, 9.17) is 0 Å². The number of nitrogens with one attached hydrogen (secondary N) is 1. The summed E-state index contributed by atoms with van der Waals surface area (Å²) in [5.41, 5.74) is 2.44. The lowest BCUT2D eigenvalue weighted by molar-refractivity contribution is -0.126. The van der Waals surface area contributed by atoms with Crippen molar-refractivity contribution in [3.05, 3.63) is 35.9 Å². The Morgan fingerprint density at radius 2 is 1.94 bits per heavy atom. The molecule has 1 N–H and O–H groups in total. The molecule has 1 atom stereocenters. The molecule has 0 aliphatic rings. The Hall–Kier alpha value is -2.01. The maximum atomic E-state index is 11.4. The molecule has 1 unspecified atom stereocenters. The minimum Gasteiger partial charge on any atom is -0.366 e. The van der Waals surface area contributed by atoms with Crippen molar-refractivity contribution in [1.29, 1.82) is 0 Å². The second-order valence-corrected chi connectivity index (χ2v) is 3.10. The summed E-state index contributed by atoms with van der Waals surface area (Å²) in [5.74, 6) is -1.07. The van der Waals surface area contributed by atoms with Crippen LogP contribution in [-0.4, -0.2) is 24.1 Å². The van der Waals surface area contributed by atoms with Gasteiger partial charge in [-0.1, -0.05) is 18.2 Å². The highest BCUT2D eigenvalue weighted by Gasteiger charge is 2.15. The van der Waals surface area contributed by atoms with Crippen molar-refractivity contribution in [3.63, 3.8) is 0 Å². The molecule has 0 saturated carbocycles. The third kappa shape index (κ3) is 3.29. The van der Waals surface area contributed by atoms with Crippen molar-refractivity contribution in [2.45, 2.75) is 13.0 Å². The lowest BCUT2D eigenvalue weighted by Gasteiger charge is -2.08. The van der Waals surface area contributed by atoms with Crippen molar-refractivity contribution in [3.8, 4) is 0 Å². The lowest BCUT2D eigenvalue weighted by atomic mass is 10.2. The summed E-state index contributed by atoms with van der Waals surface area (Å²) < 4.78 is 0. The maximum absolute atomic E-state index is 11.4. The minimum atomic E-state index is -1.12. The molecular formula is C11H11NO4. The summed E-state index contributed by atoms with van der Waals surface area (Å²) in [6.07, 6.45) is 0.376. The van der Waals surface area contributed by atoms with Crippen molar-refractivity contribution >= 4 is 18.0 Å². The van der Waals surface area contributed by atoms with Crippen LogP contribution < -0.4 is 5.48 Å². The average Bonchev–Trinajstić information content (AvgIpc) is 2.30. The lowest BCUT2D eigenvalue weighted by Crippen LogP contribution is -2.38. The van der Waals surface area contributed by atoms with E-state index in [1.54, 1.807) is 30.3 Å². The van der Waals surface area contributed by atoms with Gasteiger partial charge >= 0.3 is 5.97 Å². The van der Waals surface area contributed by atoms with Crippen molar-refractivity contribution in [2.24, 2.45) is 0 Å². The average molecular weight is 221 g/mol. The minimum absolute atomic E-state index is 0.336. The first-order valence-electron chi connectivity index (χ1n) is 4.62. The van der Waals surface area contributed by atoms with Gasteiger partial charge in [-0.2, -0.15) is 0 Å². The number of carbonyl (C=O) groups excluding carboxylic acids is 3. The van der Waals surface area contributed by atoms with E-state index in [2.05, 4.69) is 10.3 Å². The third-order valence-corrected chi connectivity index (χ3v) is 1.86. The molecule has 0 aliphatic carbocycles. The molecule has 1 aromatic carbocycles. The zero-order valence-corrected chi connectivity index (χ0v) is 8.67. The van der Waals surface area contributed by atoms with Gasteiger partial charge in [-0.05, 0) is 19.1 Å². The van der Waals surface area contributed by atoms with Gasteiger partial charge in [0.15, 0.2) is 11.8 Å². The van der Waals surface area contributed by atoms with E-state index in [-0.39, 0.29) is 0 Å². The van der Waals surface area contributed by atoms with E-state index >= 15 is 0 Å². The van der Waals surface area contributed by atoms with Gasteiger partial charge in [0.05, 0.1) is 5.56 Å². The molecule has 5 heteroatoms. The van der Waals surface area contributed by atoms with Crippen molar-refractivity contribution in [1.82, 2.24) is 5.48 Å². The van der Waals surface area contributed by atoms with Crippen LogP contribution >= 0.6 is 0 Å². The monoisotopic (exact) mass is 221 g/mol. The van der Waals surface area contributed by atoms with E-state index in [1.807, 2.05) is 0 Å². The standard InChI is InChI=1S/C11H11NO4/c1-8(14)10(7-13)12-16-11(15)9-5-3-2-4-6-9/h2-7,10,12H,1H3.